The minimum absolute atomic E-state index is 0.890. The predicted molar refractivity (Wildman–Crippen MR) is 241 cm³/mol. The van der Waals surface area contributed by atoms with Gasteiger partial charge in [0, 0.05) is 16.3 Å². The molecular weight excluding hydrogens is 689 g/mol. The summed E-state index contributed by atoms with van der Waals surface area (Å²) in [6, 6.07) is 78.8. The Labute approximate surface area is 331 Å². The van der Waals surface area contributed by atoms with Crippen molar-refractivity contribution in [3.05, 3.63) is 218 Å². The number of benzene rings is 10. The number of para-hydroxylation sites is 1. The van der Waals surface area contributed by atoms with Crippen molar-refractivity contribution >= 4 is 43.5 Å². The Bertz CT molecular complexity index is 3270. The highest BCUT2D eigenvalue weighted by Crippen LogP contribution is 2.45. The van der Waals surface area contributed by atoms with Gasteiger partial charge in [-0.2, -0.15) is 0 Å². The van der Waals surface area contributed by atoms with Crippen LogP contribution in [0.4, 0.5) is 0 Å². The van der Waals surface area contributed by atoms with E-state index in [1.807, 2.05) is 0 Å². The normalized spacial score (nSPS) is 11.5. The Morgan fingerprint density at radius 3 is 1.30 bits per heavy atom. The van der Waals surface area contributed by atoms with Gasteiger partial charge in [0.1, 0.15) is 11.2 Å². The SMILES string of the molecule is c1ccc(-c2cccc(-c3cccc4c3oc3ccc(-c5cccc(-c6ccc7c(-c8ccccc8)c8ccccc8c(-c8ccccc8)c7c6)c5)cc34)c2)cc1. The Morgan fingerprint density at radius 2 is 0.649 bits per heavy atom. The van der Waals surface area contributed by atoms with Crippen LogP contribution in [0.3, 0.4) is 0 Å². The van der Waals surface area contributed by atoms with Crippen LogP contribution >= 0.6 is 0 Å². The van der Waals surface area contributed by atoms with Crippen molar-refractivity contribution in [3.8, 4) is 66.8 Å². The van der Waals surface area contributed by atoms with Crippen molar-refractivity contribution in [2.75, 3.05) is 0 Å². The summed E-state index contributed by atoms with van der Waals surface area (Å²) in [6.45, 7) is 0. The lowest BCUT2D eigenvalue weighted by atomic mass is 9.85. The van der Waals surface area contributed by atoms with Crippen LogP contribution < -0.4 is 0 Å². The molecule has 0 atom stereocenters. The average molecular weight is 725 g/mol. The molecule has 57 heavy (non-hydrogen) atoms. The van der Waals surface area contributed by atoms with Crippen LogP contribution in [0.15, 0.2) is 223 Å². The van der Waals surface area contributed by atoms with E-state index < -0.39 is 0 Å². The standard InChI is InChI=1S/C56H36O/c1-4-15-37(16-5-1)40-21-13-24-45(34-40)46-27-14-28-50-51-35-44(30-32-53(51)57-56(46)50)42-23-12-22-41(33-42)43-29-31-49-52(36-43)55(39-19-8-3-9-20-39)48-26-11-10-25-47(48)54(49)38-17-6-2-7-18-38/h1-36H. The third-order valence-corrected chi connectivity index (χ3v) is 11.5. The van der Waals surface area contributed by atoms with Crippen molar-refractivity contribution in [1.82, 2.24) is 0 Å². The van der Waals surface area contributed by atoms with Crippen molar-refractivity contribution in [2.45, 2.75) is 0 Å². The Morgan fingerprint density at radius 1 is 0.228 bits per heavy atom. The van der Waals surface area contributed by atoms with E-state index in [1.54, 1.807) is 0 Å². The van der Waals surface area contributed by atoms with E-state index in [4.69, 9.17) is 4.42 Å². The molecule has 1 heterocycles. The zero-order chi connectivity index (χ0) is 37.7. The smallest absolute Gasteiger partial charge is 0.143 e. The molecule has 1 heteroatoms. The fraction of sp³-hybridized carbons (Fsp3) is 0. The first kappa shape index (κ1) is 32.9. The highest BCUT2D eigenvalue weighted by atomic mass is 16.3. The zero-order valence-electron chi connectivity index (χ0n) is 31.2. The Hall–Kier alpha value is -7.48. The van der Waals surface area contributed by atoms with Crippen molar-refractivity contribution in [1.29, 1.82) is 0 Å². The lowest BCUT2D eigenvalue weighted by molar-refractivity contribution is 0.670. The maximum atomic E-state index is 6.63. The third kappa shape index (κ3) is 5.72. The molecule has 11 aromatic rings. The molecule has 0 aliphatic carbocycles. The van der Waals surface area contributed by atoms with Crippen LogP contribution in [0, 0.1) is 0 Å². The molecule has 0 amide bonds. The van der Waals surface area contributed by atoms with Crippen LogP contribution in [-0.2, 0) is 0 Å². The van der Waals surface area contributed by atoms with E-state index in [1.165, 1.54) is 71.6 Å². The van der Waals surface area contributed by atoms with Gasteiger partial charge in [0.2, 0.25) is 0 Å². The summed E-state index contributed by atoms with van der Waals surface area (Å²) in [5, 5.41) is 7.26. The molecule has 0 fully saturated rings. The van der Waals surface area contributed by atoms with Crippen LogP contribution in [0.1, 0.15) is 0 Å². The lowest BCUT2D eigenvalue weighted by Gasteiger charge is -2.19. The average Bonchev–Trinajstić information content (AvgIpc) is 3.67. The minimum Gasteiger partial charge on any atom is -0.455 e. The van der Waals surface area contributed by atoms with Crippen molar-refractivity contribution in [2.24, 2.45) is 0 Å². The van der Waals surface area contributed by atoms with Gasteiger partial charge in [-0.1, -0.05) is 188 Å². The van der Waals surface area contributed by atoms with Gasteiger partial charge in [-0.05, 0) is 113 Å². The highest BCUT2D eigenvalue weighted by Gasteiger charge is 2.18. The molecule has 0 aliphatic rings. The summed E-state index contributed by atoms with van der Waals surface area (Å²) >= 11 is 0. The third-order valence-electron chi connectivity index (χ3n) is 11.5. The molecule has 0 spiro atoms. The van der Waals surface area contributed by atoms with Crippen molar-refractivity contribution < 1.29 is 4.42 Å². The highest BCUT2D eigenvalue weighted by molar-refractivity contribution is 6.22. The lowest BCUT2D eigenvalue weighted by Crippen LogP contribution is -1.91. The number of hydrogen-bond acceptors (Lipinski definition) is 1. The second-order valence-electron chi connectivity index (χ2n) is 14.8. The molecule has 11 rings (SSSR count). The van der Waals surface area contributed by atoms with Gasteiger partial charge in [0.05, 0.1) is 0 Å². The Kier molecular flexibility index (Phi) is 7.89. The summed E-state index contributed by atoms with van der Waals surface area (Å²) in [5.74, 6) is 0. The number of furan rings is 1. The Balaban J connectivity index is 1.03. The van der Waals surface area contributed by atoms with E-state index >= 15 is 0 Å². The van der Waals surface area contributed by atoms with E-state index in [0.29, 0.717) is 0 Å². The second kappa shape index (κ2) is 13.7. The van der Waals surface area contributed by atoms with E-state index in [9.17, 15) is 0 Å². The quantitative estimate of drug-likeness (QED) is 0.156. The summed E-state index contributed by atoms with van der Waals surface area (Å²) in [5.41, 5.74) is 16.1. The first-order chi connectivity index (χ1) is 28.3. The van der Waals surface area contributed by atoms with Gasteiger partial charge < -0.3 is 4.42 Å². The van der Waals surface area contributed by atoms with Gasteiger partial charge in [0.15, 0.2) is 0 Å². The molecular formula is C56H36O. The monoisotopic (exact) mass is 724 g/mol. The van der Waals surface area contributed by atoms with Gasteiger partial charge in [-0.15, -0.1) is 0 Å². The molecule has 0 saturated carbocycles. The molecule has 266 valence electrons. The predicted octanol–water partition coefficient (Wildman–Crippen LogP) is 15.9. The molecule has 1 aromatic heterocycles. The zero-order valence-corrected chi connectivity index (χ0v) is 31.2. The summed E-state index contributed by atoms with van der Waals surface area (Å²) in [6.07, 6.45) is 0. The van der Waals surface area contributed by atoms with Gasteiger partial charge >= 0.3 is 0 Å². The molecule has 1 nitrogen and oxygen atoms in total. The van der Waals surface area contributed by atoms with Gasteiger partial charge in [0.25, 0.3) is 0 Å². The fourth-order valence-corrected chi connectivity index (χ4v) is 8.77. The molecule has 0 bridgehead atoms. The molecule has 0 unspecified atom stereocenters. The number of rotatable bonds is 6. The van der Waals surface area contributed by atoms with Crippen LogP contribution in [0.5, 0.6) is 0 Å². The fourth-order valence-electron chi connectivity index (χ4n) is 8.77. The molecule has 0 N–H and O–H groups in total. The molecule has 0 radical (unpaired) electrons. The minimum atomic E-state index is 0.890. The number of hydrogen-bond donors (Lipinski definition) is 0. The summed E-state index contributed by atoms with van der Waals surface area (Å²) in [4.78, 5) is 0. The summed E-state index contributed by atoms with van der Waals surface area (Å²) in [7, 11) is 0. The maximum absolute atomic E-state index is 6.63. The van der Waals surface area contributed by atoms with Crippen LogP contribution in [0.2, 0.25) is 0 Å². The second-order valence-corrected chi connectivity index (χ2v) is 14.8. The number of fused-ring (bicyclic) bond motifs is 5. The van der Waals surface area contributed by atoms with Gasteiger partial charge in [-0.25, -0.2) is 0 Å². The maximum Gasteiger partial charge on any atom is 0.143 e. The van der Waals surface area contributed by atoms with E-state index in [-0.39, 0.29) is 0 Å². The van der Waals surface area contributed by atoms with Crippen LogP contribution in [0.25, 0.3) is 110 Å². The summed E-state index contributed by atoms with van der Waals surface area (Å²) < 4.78 is 6.63. The molecule has 0 aliphatic heterocycles. The van der Waals surface area contributed by atoms with E-state index in [0.717, 1.165) is 38.6 Å². The largest absolute Gasteiger partial charge is 0.455 e. The van der Waals surface area contributed by atoms with Crippen molar-refractivity contribution in [3.63, 3.8) is 0 Å². The first-order valence-electron chi connectivity index (χ1n) is 19.6. The molecule has 0 saturated heterocycles. The van der Waals surface area contributed by atoms with E-state index in [2.05, 4.69) is 218 Å². The first-order valence-corrected chi connectivity index (χ1v) is 19.6. The topological polar surface area (TPSA) is 13.1 Å². The van der Waals surface area contributed by atoms with Gasteiger partial charge in [-0.3, -0.25) is 0 Å². The van der Waals surface area contributed by atoms with Crippen LogP contribution in [-0.4, -0.2) is 0 Å². The molecule has 10 aromatic carbocycles.